The highest BCUT2D eigenvalue weighted by molar-refractivity contribution is 14.0. The lowest BCUT2D eigenvalue weighted by Crippen LogP contribution is -2.42. The number of piperidine rings is 1. The summed E-state index contributed by atoms with van der Waals surface area (Å²) in [5.41, 5.74) is 2.13. The van der Waals surface area contributed by atoms with Crippen molar-refractivity contribution in [3.8, 4) is 5.75 Å². The van der Waals surface area contributed by atoms with Gasteiger partial charge < -0.3 is 19.8 Å². The molecule has 1 fully saturated rings. The van der Waals surface area contributed by atoms with Gasteiger partial charge in [0.05, 0.1) is 25.9 Å². The number of aliphatic imine (C=N–C) groups is 1. The number of benzene rings is 1. The molecule has 172 valence electrons. The Labute approximate surface area is 203 Å². The molecule has 1 aliphatic heterocycles. The highest BCUT2D eigenvalue weighted by Gasteiger charge is 2.21. The van der Waals surface area contributed by atoms with Gasteiger partial charge >= 0.3 is 0 Å². The van der Waals surface area contributed by atoms with E-state index in [1.54, 1.807) is 7.11 Å². The number of halogens is 1. The first-order valence-electron chi connectivity index (χ1n) is 10.9. The van der Waals surface area contributed by atoms with Crippen LogP contribution < -0.4 is 15.4 Å². The molecule has 0 radical (unpaired) electrons. The molecule has 7 nitrogen and oxygen atoms in total. The summed E-state index contributed by atoms with van der Waals surface area (Å²) in [6.07, 6.45) is 2.34. The van der Waals surface area contributed by atoms with Crippen LogP contribution in [0.2, 0.25) is 0 Å². The van der Waals surface area contributed by atoms with Crippen LogP contribution in [0.15, 0.2) is 33.7 Å². The van der Waals surface area contributed by atoms with Gasteiger partial charge in [0, 0.05) is 13.1 Å². The van der Waals surface area contributed by atoms with E-state index in [-0.39, 0.29) is 24.0 Å². The summed E-state index contributed by atoms with van der Waals surface area (Å²) in [7, 11) is 1.69. The number of hydrogen-bond acceptors (Lipinski definition) is 5. The Morgan fingerprint density at radius 1 is 1.26 bits per heavy atom. The Morgan fingerprint density at radius 2 is 2.03 bits per heavy atom. The molecule has 2 aromatic rings. The Morgan fingerprint density at radius 3 is 2.68 bits per heavy atom. The van der Waals surface area contributed by atoms with Crippen LogP contribution in [-0.4, -0.2) is 49.1 Å². The van der Waals surface area contributed by atoms with Gasteiger partial charge in [-0.15, -0.1) is 24.0 Å². The van der Waals surface area contributed by atoms with Crippen molar-refractivity contribution in [2.75, 3.05) is 33.3 Å². The molecule has 2 N–H and O–H groups in total. The first-order valence-corrected chi connectivity index (χ1v) is 10.9. The molecule has 8 heteroatoms. The van der Waals surface area contributed by atoms with Gasteiger partial charge in [0.15, 0.2) is 5.96 Å². The fourth-order valence-electron chi connectivity index (χ4n) is 3.67. The lowest BCUT2D eigenvalue weighted by Gasteiger charge is -2.31. The van der Waals surface area contributed by atoms with Gasteiger partial charge in [-0.3, -0.25) is 4.90 Å². The van der Waals surface area contributed by atoms with Gasteiger partial charge in [-0.25, -0.2) is 9.98 Å². The van der Waals surface area contributed by atoms with E-state index < -0.39 is 0 Å². The minimum absolute atomic E-state index is 0. The molecule has 3 rings (SSSR count). The van der Waals surface area contributed by atoms with Crippen LogP contribution in [0.25, 0.3) is 0 Å². The molecule has 1 aliphatic rings. The number of nitrogens with zero attached hydrogens (tertiary/aromatic N) is 3. The second-order valence-electron chi connectivity index (χ2n) is 7.90. The zero-order valence-electron chi connectivity index (χ0n) is 19.1. The van der Waals surface area contributed by atoms with E-state index in [0.29, 0.717) is 12.5 Å². The van der Waals surface area contributed by atoms with E-state index in [1.165, 1.54) is 12.8 Å². The predicted octanol–water partition coefficient (Wildman–Crippen LogP) is 3.89. The Kier molecular flexibility index (Phi) is 10.6. The van der Waals surface area contributed by atoms with Crippen molar-refractivity contribution in [2.24, 2.45) is 10.9 Å². The van der Waals surface area contributed by atoms with Crippen LogP contribution in [-0.2, 0) is 13.1 Å². The number of aryl methyl sites for hydroxylation is 2. The van der Waals surface area contributed by atoms with Crippen LogP contribution >= 0.6 is 24.0 Å². The Bertz CT molecular complexity index is 812. The fourth-order valence-corrected chi connectivity index (χ4v) is 3.67. The molecule has 1 aromatic heterocycles. The monoisotopic (exact) mass is 541 g/mol. The first-order chi connectivity index (χ1) is 14.6. The second kappa shape index (κ2) is 12.9. The summed E-state index contributed by atoms with van der Waals surface area (Å²) in [5.74, 6) is 4.14. The molecule has 0 spiro atoms. The minimum Gasteiger partial charge on any atom is -0.497 e. The van der Waals surface area contributed by atoms with Crippen LogP contribution in [0.4, 0.5) is 0 Å². The number of aromatic nitrogens is 1. The number of oxazole rings is 1. The summed E-state index contributed by atoms with van der Waals surface area (Å²) in [6, 6.07) is 8.05. The molecule has 31 heavy (non-hydrogen) atoms. The SMILES string of the molecule is CCNC(=NCc1cccc(OC)c1)NCC1CCN(Cc2nc(C)c(C)o2)CC1.I. The first kappa shape index (κ1) is 25.5. The maximum absolute atomic E-state index is 5.73. The molecule has 0 saturated carbocycles. The fraction of sp³-hybridized carbons (Fsp3) is 0.565. The maximum atomic E-state index is 5.73. The third-order valence-electron chi connectivity index (χ3n) is 5.60. The van der Waals surface area contributed by atoms with E-state index in [9.17, 15) is 0 Å². The van der Waals surface area contributed by atoms with Gasteiger partial charge in [-0.05, 0) is 70.3 Å². The molecule has 0 amide bonds. The topological polar surface area (TPSA) is 74.9 Å². The average Bonchev–Trinajstić information content (AvgIpc) is 3.08. The van der Waals surface area contributed by atoms with Gasteiger partial charge in [0.2, 0.25) is 5.89 Å². The Hall–Kier alpha value is -1.81. The normalized spacial score (nSPS) is 15.4. The van der Waals surface area contributed by atoms with Crippen molar-refractivity contribution in [1.29, 1.82) is 0 Å². The summed E-state index contributed by atoms with van der Waals surface area (Å²) >= 11 is 0. The standard InChI is InChI=1S/C23H35N5O2.HI/c1-5-24-23(26-15-20-7-6-8-21(13-20)29-4)25-14-19-9-11-28(12-10-19)16-22-27-17(2)18(3)30-22;/h6-8,13,19H,5,9-12,14-16H2,1-4H3,(H2,24,25,26);1H. The second-order valence-corrected chi connectivity index (χ2v) is 7.90. The smallest absolute Gasteiger partial charge is 0.208 e. The molecular weight excluding hydrogens is 505 g/mol. The van der Waals surface area contributed by atoms with Crippen LogP contribution in [0.5, 0.6) is 5.75 Å². The third-order valence-corrected chi connectivity index (χ3v) is 5.60. The molecule has 2 heterocycles. The highest BCUT2D eigenvalue weighted by Crippen LogP contribution is 2.19. The van der Waals surface area contributed by atoms with E-state index in [4.69, 9.17) is 14.1 Å². The van der Waals surface area contributed by atoms with E-state index >= 15 is 0 Å². The van der Waals surface area contributed by atoms with Crippen molar-refractivity contribution >= 4 is 29.9 Å². The number of guanidine groups is 1. The summed E-state index contributed by atoms with van der Waals surface area (Å²) in [4.78, 5) is 11.7. The Balaban J connectivity index is 0.00000341. The van der Waals surface area contributed by atoms with Gasteiger partial charge in [-0.2, -0.15) is 0 Å². The van der Waals surface area contributed by atoms with Crippen LogP contribution in [0, 0.1) is 19.8 Å². The third kappa shape index (κ3) is 7.99. The molecule has 0 unspecified atom stereocenters. The zero-order chi connectivity index (χ0) is 21.3. The molecule has 0 aliphatic carbocycles. The molecule has 1 saturated heterocycles. The van der Waals surface area contributed by atoms with E-state index in [0.717, 1.165) is 67.3 Å². The van der Waals surface area contributed by atoms with Crippen molar-refractivity contribution in [1.82, 2.24) is 20.5 Å². The van der Waals surface area contributed by atoms with E-state index in [1.807, 2.05) is 32.0 Å². The van der Waals surface area contributed by atoms with Crippen molar-refractivity contribution in [3.63, 3.8) is 0 Å². The molecule has 1 aromatic carbocycles. The summed E-state index contributed by atoms with van der Waals surface area (Å²) in [5, 5.41) is 6.87. The van der Waals surface area contributed by atoms with Gasteiger partial charge in [0.1, 0.15) is 11.5 Å². The van der Waals surface area contributed by atoms with Crippen molar-refractivity contribution < 1.29 is 9.15 Å². The average molecular weight is 541 g/mol. The largest absolute Gasteiger partial charge is 0.497 e. The minimum atomic E-state index is 0. The number of methoxy groups -OCH3 is 1. The van der Waals surface area contributed by atoms with Crippen molar-refractivity contribution in [2.45, 2.75) is 46.7 Å². The number of ether oxygens (including phenoxy) is 1. The zero-order valence-corrected chi connectivity index (χ0v) is 21.4. The number of likely N-dealkylation sites (tertiary alicyclic amines) is 1. The predicted molar refractivity (Wildman–Crippen MR) is 135 cm³/mol. The maximum Gasteiger partial charge on any atom is 0.208 e. The lowest BCUT2D eigenvalue weighted by molar-refractivity contribution is 0.164. The number of hydrogen-bond donors (Lipinski definition) is 2. The van der Waals surface area contributed by atoms with Crippen LogP contribution in [0.3, 0.4) is 0 Å². The number of nitrogens with one attached hydrogen (secondary N) is 2. The van der Waals surface area contributed by atoms with Crippen LogP contribution in [0.1, 0.15) is 42.7 Å². The number of rotatable bonds is 8. The molecule has 0 bridgehead atoms. The molecular formula is C23H36IN5O2. The quantitative estimate of drug-likeness (QED) is 0.300. The van der Waals surface area contributed by atoms with Crippen molar-refractivity contribution in [3.05, 3.63) is 47.2 Å². The lowest BCUT2D eigenvalue weighted by atomic mass is 9.97. The highest BCUT2D eigenvalue weighted by atomic mass is 127. The summed E-state index contributed by atoms with van der Waals surface area (Å²) in [6.45, 7) is 11.4. The van der Waals surface area contributed by atoms with Gasteiger partial charge in [0.25, 0.3) is 0 Å². The van der Waals surface area contributed by atoms with E-state index in [2.05, 4.69) is 33.5 Å². The van der Waals surface area contributed by atoms with Gasteiger partial charge in [-0.1, -0.05) is 12.1 Å². The summed E-state index contributed by atoms with van der Waals surface area (Å²) < 4.78 is 11.0. The molecule has 0 atom stereocenters.